The Kier molecular flexibility index (Phi) is 3.80. The highest BCUT2D eigenvalue weighted by Gasteiger charge is 2.33. The van der Waals surface area contributed by atoms with Gasteiger partial charge in [0, 0.05) is 10.9 Å². The van der Waals surface area contributed by atoms with Gasteiger partial charge in [-0.1, -0.05) is 23.2 Å². The van der Waals surface area contributed by atoms with E-state index in [4.69, 9.17) is 34.3 Å². The molecule has 6 nitrogen and oxygen atoms in total. The first-order valence-corrected chi connectivity index (χ1v) is 7.41. The Morgan fingerprint density at radius 3 is 2.77 bits per heavy atom. The number of hydrogen-bond acceptors (Lipinski definition) is 3. The van der Waals surface area contributed by atoms with Crippen LogP contribution in [0.4, 0.5) is 0 Å². The lowest BCUT2D eigenvalue weighted by Crippen LogP contribution is -2.36. The molecule has 1 fully saturated rings. The highest BCUT2D eigenvalue weighted by Crippen LogP contribution is 2.43. The van der Waals surface area contributed by atoms with Crippen LogP contribution in [0.25, 0.3) is 5.69 Å². The molecule has 114 valence electrons. The van der Waals surface area contributed by atoms with E-state index < -0.39 is 11.9 Å². The minimum absolute atomic E-state index is 0.241. The molecule has 1 aromatic carbocycles. The molecule has 0 atom stereocenters. The van der Waals surface area contributed by atoms with Crippen LogP contribution in [0.1, 0.15) is 34.8 Å². The molecular formula is C14H13Cl2N5O. The first-order chi connectivity index (χ1) is 10.5. The number of benzene rings is 1. The van der Waals surface area contributed by atoms with Crippen molar-refractivity contribution in [2.75, 3.05) is 0 Å². The summed E-state index contributed by atoms with van der Waals surface area (Å²) in [7, 11) is 0. The van der Waals surface area contributed by atoms with E-state index in [0.717, 1.165) is 18.5 Å². The van der Waals surface area contributed by atoms with Gasteiger partial charge in [0.05, 0.1) is 28.2 Å². The number of guanidine groups is 1. The molecule has 1 saturated carbocycles. The molecule has 0 radical (unpaired) electrons. The molecule has 0 unspecified atom stereocenters. The Balaban J connectivity index is 2.09. The van der Waals surface area contributed by atoms with E-state index in [1.54, 1.807) is 22.9 Å². The third-order valence-electron chi connectivity index (χ3n) is 3.40. The molecule has 1 aliphatic rings. The van der Waals surface area contributed by atoms with Crippen molar-refractivity contribution in [1.29, 1.82) is 5.41 Å². The predicted molar refractivity (Wildman–Crippen MR) is 84.9 cm³/mol. The van der Waals surface area contributed by atoms with Crippen molar-refractivity contribution in [3.63, 3.8) is 0 Å². The minimum atomic E-state index is -0.446. The lowest BCUT2D eigenvalue weighted by Gasteiger charge is -2.11. The van der Waals surface area contributed by atoms with E-state index in [9.17, 15) is 4.79 Å². The molecule has 1 amide bonds. The number of carbonyl (C=O) groups is 1. The predicted octanol–water partition coefficient (Wildman–Crippen LogP) is 2.68. The monoisotopic (exact) mass is 337 g/mol. The van der Waals surface area contributed by atoms with Crippen LogP contribution >= 0.6 is 23.2 Å². The van der Waals surface area contributed by atoms with E-state index >= 15 is 0 Å². The Bertz CT molecular complexity index is 767. The highest BCUT2D eigenvalue weighted by molar-refractivity contribution is 6.34. The number of aromatic nitrogens is 2. The van der Waals surface area contributed by atoms with Gasteiger partial charge in [0.1, 0.15) is 0 Å². The van der Waals surface area contributed by atoms with Gasteiger partial charge < -0.3 is 5.73 Å². The minimum Gasteiger partial charge on any atom is -0.370 e. The van der Waals surface area contributed by atoms with Gasteiger partial charge in [-0.15, -0.1) is 0 Å². The molecule has 4 N–H and O–H groups in total. The van der Waals surface area contributed by atoms with Crippen molar-refractivity contribution in [3.05, 3.63) is 45.7 Å². The van der Waals surface area contributed by atoms with E-state index in [-0.39, 0.29) is 5.92 Å². The Labute approximate surface area is 136 Å². The summed E-state index contributed by atoms with van der Waals surface area (Å²) in [6.45, 7) is 0. The summed E-state index contributed by atoms with van der Waals surface area (Å²) in [5.74, 6) is -0.607. The standard InChI is InChI=1S/C14H13Cl2N5O/c15-8-3-4-10(16)11(5-8)21-12(7-1-2-7)9(6-19-21)13(22)20-14(17)18/h3-7H,1-2H2,(H4,17,18,20,22). The SMILES string of the molecule is N=C(N)NC(=O)c1cnn(-c2cc(Cl)ccc2Cl)c1C1CC1. The topological polar surface area (TPSA) is 96.8 Å². The van der Waals surface area contributed by atoms with E-state index in [1.165, 1.54) is 6.20 Å². The smallest absolute Gasteiger partial charge is 0.261 e. The molecule has 2 aromatic rings. The largest absolute Gasteiger partial charge is 0.370 e. The number of nitrogens with zero attached hydrogens (tertiary/aromatic N) is 2. The Morgan fingerprint density at radius 2 is 2.14 bits per heavy atom. The molecule has 1 aliphatic carbocycles. The molecule has 22 heavy (non-hydrogen) atoms. The molecular weight excluding hydrogens is 325 g/mol. The molecule has 1 heterocycles. The van der Waals surface area contributed by atoms with Gasteiger partial charge in [0.15, 0.2) is 5.96 Å². The summed E-state index contributed by atoms with van der Waals surface area (Å²) in [5, 5.41) is 14.8. The summed E-state index contributed by atoms with van der Waals surface area (Å²) in [5.41, 5.74) is 7.01. The molecule has 3 rings (SSSR count). The lowest BCUT2D eigenvalue weighted by molar-refractivity contribution is 0.0975. The summed E-state index contributed by atoms with van der Waals surface area (Å²) < 4.78 is 1.64. The van der Waals surface area contributed by atoms with Crippen LogP contribution in [0.2, 0.25) is 10.0 Å². The Morgan fingerprint density at radius 1 is 1.41 bits per heavy atom. The number of halogens is 2. The maximum atomic E-state index is 12.2. The van der Waals surface area contributed by atoms with Gasteiger partial charge in [0.2, 0.25) is 0 Å². The third kappa shape index (κ3) is 2.80. The van der Waals surface area contributed by atoms with Crippen LogP contribution in [0, 0.1) is 5.41 Å². The molecule has 0 saturated heterocycles. The number of nitrogens with one attached hydrogen (secondary N) is 2. The molecule has 0 aliphatic heterocycles. The maximum absolute atomic E-state index is 12.2. The van der Waals surface area contributed by atoms with Crippen molar-refractivity contribution in [3.8, 4) is 5.69 Å². The average molecular weight is 338 g/mol. The van der Waals surface area contributed by atoms with Crippen molar-refractivity contribution >= 4 is 35.1 Å². The highest BCUT2D eigenvalue weighted by atomic mass is 35.5. The van der Waals surface area contributed by atoms with Crippen molar-refractivity contribution in [1.82, 2.24) is 15.1 Å². The number of amides is 1. The number of hydrogen-bond donors (Lipinski definition) is 3. The van der Waals surface area contributed by atoms with Gasteiger partial charge >= 0.3 is 0 Å². The molecule has 8 heteroatoms. The lowest BCUT2D eigenvalue weighted by atomic mass is 10.1. The second kappa shape index (κ2) is 5.62. The summed E-state index contributed by atoms with van der Waals surface area (Å²) in [4.78, 5) is 12.2. The van der Waals surface area contributed by atoms with Crippen molar-refractivity contribution < 1.29 is 4.79 Å². The van der Waals surface area contributed by atoms with Crippen LogP contribution in [0.15, 0.2) is 24.4 Å². The van der Waals surface area contributed by atoms with Gasteiger partial charge in [-0.3, -0.25) is 15.5 Å². The fraction of sp³-hybridized carbons (Fsp3) is 0.214. The van der Waals surface area contributed by atoms with Crippen LogP contribution in [0.5, 0.6) is 0 Å². The van der Waals surface area contributed by atoms with Crippen molar-refractivity contribution in [2.24, 2.45) is 5.73 Å². The first-order valence-electron chi connectivity index (χ1n) is 6.66. The van der Waals surface area contributed by atoms with Gasteiger partial charge in [-0.25, -0.2) is 4.68 Å². The van der Waals surface area contributed by atoms with Crippen LogP contribution < -0.4 is 11.1 Å². The van der Waals surface area contributed by atoms with Gasteiger partial charge in [-0.2, -0.15) is 5.10 Å². The Hall–Kier alpha value is -2.05. The summed E-state index contributed by atoms with van der Waals surface area (Å²) in [6, 6.07) is 5.08. The van der Waals surface area contributed by atoms with Crippen LogP contribution in [-0.2, 0) is 0 Å². The van der Waals surface area contributed by atoms with E-state index in [2.05, 4.69) is 10.4 Å². The fourth-order valence-electron chi connectivity index (χ4n) is 2.31. The van der Waals surface area contributed by atoms with Gasteiger partial charge in [-0.05, 0) is 31.0 Å². The van der Waals surface area contributed by atoms with Gasteiger partial charge in [0.25, 0.3) is 5.91 Å². The average Bonchev–Trinajstić information content (AvgIpc) is 3.19. The summed E-state index contributed by atoms with van der Waals surface area (Å²) >= 11 is 12.3. The molecule has 0 spiro atoms. The fourth-order valence-corrected chi connectivity index (χ4v) is 2.68. The maximum Gasteiger partial charge on any atom is 0.261 e. The third-order valence-corrected chi connectivity index (χ3v) is 3.95. The van der Waals surface area contributed by atoms with E-state index in [1.807, 2.05) is 0 Å². The van der Waals surface area contributed by atoms with Crippen molar-refractivity contribution in [2.45, 2.75) is 18.8 Å². The first kappa shape index (κ1) is 14.9. The zero-order valence-electron chi connectivity index (χ0n) is 11.4. The number of rotatable bonds is 3. The second-order valence-corrected chi connectivity index (χ2v) is 5.94. The molecule has 1 aromatic heterocycles. The van der Waals surface area contributed by atoms with E-state index in [0.29, 0.717) is 21.3 Å². The normalized spacial score (nSPS) is 13.9. The zero-order valence-corrected chi connectivity index (χ0v) is 12.9. The zero-order chi connectivity index (χ0) is 15.9. The molecule has 0 bridgehead atoms. The second-order valence-electron chi connectivity index (χ2n) is 5.09. The summed E-state index contributed by atoms with van der Waals surface area (Å²) in [6.07, 6.45) is 3.41. The van der Waals surface area contributed by atoms with Crippen LogP contribution in [0.3, 0.4) is 0 Å². The quantitative estimate of drug-likeness (QED) is 0.593. The van der Waals surface area contributed by atoms with Crippen LogP contribution in [-0.4, -0.2) is 21.6 Å². The number of nitrogens with two attached hydrogens (primary N) is 1. The number of carbonyl (C=O) groups excluding carboxylic acids is 1.